The van der Waals surface area contributed by atoms with Gasteiger partial charge in [0.2, 0.25) is 5.91 Å². The molecule has 2 N–H and O–H groups in total. The number of benzene rings is 1. The van der Waals surface area contributed by atoms with Gasteiger partial charge in [0.05, 0.1) is 5.69 Å². The second-order valence-electron chi connectivity index (χ2n) is 6.96. The molecule has 0 bridgehead atoms. The number of amidine groups is 1. The van der Waals surface area contributed by atoms with Crippen LogP contribution in [0.2, 0.25) is 0 Å². The van der Waals surface area contributed by atoms with Gasteiger partial charge >= 0.3 is 0 Å². The summed E-state index contributed by atoms with van der Waals surface area (Å²) >= 11 is 2.74. The molecule has 0 unspecified atom stereocenters. The number of aromatic nitrogens is 1. The highest BCUT2D eigenvalue weighted by molar-refractivity contribution is 8.15. The lowest BCUT2D eigenvalue weighted by atomic mass is 10.2. The van der Waals surface area contributed by atoms with Gasteiger partial charge in [-0.25, -0.2) is 4.98 Å². The van der Waals surface area contributed by atoms with E-state index in [-0.39, 0.29) is 24.1 Å². The van der Waals surface area contributed by atoms with Gasteiger partial charge in [-0.3, -0.25) is 19.7 Å². The lowest BCUT2D eigenvalue weighted by Crippen LogP contribution is -2.27. The third-order valence-electron chi connectivity index (χ3n) is 4.79. The number of thioether (sulfide) groups is 1. The van der Waals surface area contributed by atoms with Crippen molar-refractivity contribution in [1.29, 1.82) is 0 Å². The molecular formula is C21H25N5O3S2. The van der Waals surface area contributed by atoms with Crippen molar-refractivity contribution < 1.29 is 14.4 Å². The second kappa shape index (κ2) is 10.1. The highest BCUT2D eigenvalue weighted by atomic mass is 32.2. The minimum Gasteiger partial charge on any atom is -0.352 e. The largest absolute Gasteiger partial charge is 0.352 e. The maximum atomic E-state index is 12.5. The van der Waals surface area contributed by atoms with Crippen molar-refractivity contribution >= 4 is 56.8 Å². The van der Waals surface area contributed by atoms with Crippen LogP contribution in [0.15, 0.2) is 29.3 Å². The first-order valence-electron chi connectivity index (χ1n) is 10.00. The Morgan fingerprint density at radius 2 is 1.90 bits per heavy atom. The normalized spacial score (nSPS) is 15.5. The van der Waals surface area contributed by atoms with Crippen molar-refractivity contribution in [3.63, 3.8) is 0 Å². The Labute approximate surface area is 189 Å². The molecule has 164 valence electrons. The van der Waals surface area contributed by atoms with Crippen molar-refractivity contribution in [2.45, 2.75) is 39.4 Å². The highest BCUT2D eigenvalue weighted by Gasteiger charge is 2.32. The molecule has 0 saturated carbocycles. The SMILES string of the molecule is CCN(CC)C1=NC(=O)[C@H](CC(=O)Nc2cccc(C(=O)Nc3nc(C)c(C)s3)c2)S1. The molecule has 0 radical (unpaired) electrons. The molecule has 0 aliphatic carbocycles. The Kier molecular flexibility index (Phi) is 7.45. The number of thiazole rings is 1. The van der Waals surface area contributed by atoms with Gasteiger partial charge in [-0.1, -0.05) is 17.8 Å². The van der Waals surface area contributed by atoms with E-state index in [4.69, 9.17) is 0 Å². The summed E-state index contributed by atoms with van der Waals surface area (Å²) < 4.78 is 0. The summed E-state index contributed by atoms with van der Waals surface area (Å²) in [7, 11) is 0. The number of amides is 3. The van der Waals surface area contributed by atoms with E-state index in [1.54, 1.807) is 24.3 Å². The average Bonchev–Trinajstić information content (AvgIpc) is 3.24. The predicted octanol–water partition coefficient (Wildman–Crippen LogP) is 3.68. The van der Waals surface area contributed by atoms with Crippen LogP contribution in [0, 0.1) is 13.8 Å². The zero-order valence-electron chi connectivity index (χ0n) is 17.9. The molecule has 31 heavy (non-hydrogen) atoms. The van der Waals surface area contributed by atoms with Gasteiger partial charge in [0, 0.05) is 35.6 Å². The van der Waals surface area contributed by atoms with E-state index in [0.29, 0.717) is 21.6 Å². The summed E-state index contributed by atoms with van der Waals surface area (Å²) in [6.45, 7) is 9.34. The first-order chi connectivity index (χ1) is 14.8. The molecular weight excluding hydrogens is 434 g/mol. The van der Waals surface area contributed by atoms with E-state index in [1.165, 1.54) is 23.1 Å². The number of nitrogens with zero attached hydrogens (tertiary/aromatic N) is 3. The van der Waals surface area contributed by atoms with Crippen LogP contribution in [-0.2, 0) is 9.59 Å². The number of hydrogen-bond acceptors (Lipinski definition) is 7. The predicted molar refractivity (Wildman–Crippen MR) is 126 cm³/mol. The maximum absolute atomic E-state index is 12.5. The minimum atomic E-state index is -0.529. The number of nitrogens with one attached hydrogen (secondary N) is 2. The number of hydrogen-bond donors (Lipinski definition) is 2. The Hall–Kier alpha value is -2.72. The molecule has 1 aliphatic heterocycles. The van der Waals surface area contributed by atoms with E-state index in [0.717, 1.165) is 23.7 Å². The number of carbonyl (C=O) groups is 3. The smallest absolute Gasteiger partial charge is 0.262 e. The van der Waals surface area contributed by atoms with E-state index < -0.39 is 5.25 Å². The summed E-state index contributed by atoms with van der Waals surface area (Å²) in [5, 5.41) is 6.22. The molecule has 1 atom stereocenters. The molecule has 1 aliphatic rings. The monoisotopic (exact) mass is 459 g/mol. The summed E-state index contributed by atoms with van der Waals surface area (Å²) in [5.74, 6) is -0.890. The van der Waals surface area contributed by atoms with E-state index in [2.05, 4.69) is 20.6 Å². The first kappa shape index (κ1) is 23.0. The average molecular weight is 460 g/mol. The van der Waals surface area contributed by atoms with E-state index >= 15 is 0 Å². The summed E-state index contributed by atoms with van der Waals surface area (Å²) in [6, 6.07) is 6.66. The van der Waals surface area contributed by atoms with Crippen LogP contribution in [0.25, 0.3) is 0 Å². The fourth-order valence-electron chi connectivity index (χ4n) is 2.95. The molecule has 3 rings (SSSR count). The molecule has 3 amide bonds. The van der Waals surface area contributed by atoms with Crippen LogP contribution in [0.1, 0.15) is 41.2 Å². The molecule has 0 fully saturated rings. The molecule has 10 heteroatoms. The van der Waals surface area contributed by atoms with Crippen molar-refractivity contribution in [1.82, 2.24) is 9.88 Å². The lowest BCUT2D eigenvalue weighted by Gasteiger charge is -2.19. The van der Waals surface area contributed by atoms with Crippen LogP contribution >= 0.6 is 23.1 Å². The van der Waals surface area contributed by atoms with Crippen LogP contribution in [-0.4, -0.2) is 51.1 Å². The molecule has 2 aromatic rings. The van der Waals surface area contributed by atoms with Gasteiger partial charge in [-0.15, -0.1) is 11.3 Å². The topological polar surface area (TPSA) is 104 Å². The lowest BCUT2D eigenvalue weighted by molar-refractivity contribution is -0.121. The Balaban J connectivity index is 1.59. The number of carbonyl (C=O) groups excluding carboxylic acids is 3. The van der Waals surface area contributed by atoms with Gasteiger partial charge < -0.3 is 10.2 Å². The molecule has 2 heterocycles. The Morgan fingerprint density at radius 1 is 1.16 bits per heavy atom. The number of aliphatic imine (C=N–C) groups is 1. The molecule has 1 aromatic heterocycles. The summed E-state index contributed by atoms with van der Waals surface area (Å²) in [6.07, 6.45) is 0.0197. The zero-order valence-corrected chi connectivity index (χ0v) is 19.5. The fraction of sp³-hybridized carbons (Fsp3) is 0.381. The first-order valence-corrected chi connectivity index (χ1v) is 11.7. The van der Waals surface area contributed by atoms with Gasteiger partial charge in [0.1, 0.15) is 5.25 Å². The third-order valence-corrected chi connectivity index (χ3v) is 6.99. The van der Waals surface area contributed by atoms with Crippen molar-refractivity contribution in [3.8, 4) is 0 Å². The van der Waals surface area contributed by atoms with Gasteiger partial charge in [-0.05, 0) is 45.9 Å². The molecule has 0 spiro atoms. The molecule has 1 aromatic carbocycles. The van der Waals surface area contributed by atoms with Gasteiger partial charge in [-0.2, -0.15) is 4.99 Å². The van der Waals surface area contributed by atoms with Crippen molar-refractivity contribution in [3.05, 3.63) is 40.4 Å². The maximum Gasteiger partial charge on any atom is 0.262 e. The molecule has 0 saturated heterocycles. The van der Waals surface area contributed by atoms with Crippen LogP contribution in [0.5, 0.6) is 0 Å². The zero-order chi connectivity index (χ0) is 22.5. The van der Waals surface area contributed by atoms with E-state index in [9.17, 15) is 14.4 Å². The van der Waals surface area contributed by atoms with E-state index in [1.807, 2.05) is 32.6 Å². The quantitative estimate of drug-likeness (QED) is 0.655. The summed E-state index contributed by atoms with van der Waals surface area (Å²) in [4.78, 5) is 48.6. The number of rotatable bonds is 7. The van der Waals surface area contributed by atoms with Crippen LogP contribution in [0.4, 0.5) is 10.8 Å². The second-order valence-corrected chi connectivity index (χ2v) is 9.33. The van der Waals surface area contributed by atoms with Gasteiger partial charge in [0.25, 0.3) is 11.8 Å². The fourth-order valence-corrected chi connectivity index (χ4v) is 4.96. The Morgan fingerprint density at radius 3 is 2.55 bits per heavy atom. The summed E-state index contributed by atoms with van der Waals surface area (Å²) in [5.41, 5.74) is 1.78. The van der Waals surface area contributed by atoms with Crippen molar-refractivity contribution in [2.24, 2.45) is 4.99 Å². The number of aryl methyl sites for hydroxylation is 2. The Bertz CT molecular complexity index is 1010. The molecule has 8 nitrogen and oxygen atoms in total. The van der Waals surface area contributed by atoms with Crippen molar-refractivity contribution in [2.75, 3.05) is 23.7 Å². The number of anilines is 2. The van der Waals surface area contributed by atoms with Crippen LogP contribution < -0.4 is 10.6 Å². The van der Waals surface area contributed by atoms with Gasteiger partial charge in [0.15, 0.2) is 10.3 Å². The highest BCUT2D eigenvalue weighted by Crippen LogP contribution is 2.27. The minimum absolute atomic E-state index is 0.0197. The van der Waals surface area contributed by atoms with Crippen LogP contribution in [0.3, 0.4) is 0 Å². The third kappa shape index (κ3) is 5.71. The standard InChI is InChI=1S/C21H25N5O3S2/c1-5-26(6-2)21-25-19(29)16(31-21)11-17(27)23-15-9-7-8-14(10-15)18(28)24-20-22-12(3)13(4)30-20/h7-10,16H,5-6,11H2,1-4H3,(H,23,27)(H,22,24,28)/t16-/m0/s1.